The largest absolute Gasteiger partial charge is 0.493 e. The Kier molecular flexibility index (Phi) is 8.78. The molecule has 2 N–H and O–H groups in total. The van der Waals surface area contributed by atoms with E-state index in [1.807, 2.05) is 13.0 Å². The molecule has 0 fully saturated rings. The number of rotatable bonds is 9. The highest BCUT2D eigenvalue weighted by molar-refractivity contribution is 6.00. The molecule has 0 bridgehead atoms. The summed E-state index contributed by atoms with van der Waals surface area (Å²) in [6, 6.07) is 14.1. The topological polar surface area (TPSA) is 118 Å². The molecule has 2 aromatic rings. The predicted molar refractivity (Wildman–Crippen MR) is 119 cm³/mol. The molecule has 168 valence electrons. The predicted octanol–water partition coefficient (Wildman–Crippen LogP) is 3.28. The normalized spacial score (nSPS) is 12.2. The van der Waals surface area contributed by atoms with Gasteiger partial charge in [0.25, 0.3) is 11.8 Å². The number of nitrogens with zero attached hydrogens (tertiary/aromatic N) is 1. The Hall–Kier alpha value is -3.86. The highest BCUT2D eigenvalue weighted by Gasteiger charge is 2.30. The zero-order valence-corrected chi connectivity index (χ0v) is 18.5. The second-order valence-corrected chi connectivity index (χ2v) is 7.39. The second-order valence-electron chi connectivity index (χ2n) is 7.39. The van der Waals surface area contributed by atoms with Crippen LogP contribution in [-0.4, -0.2) is 36.5 Å². The van der Waals surface area contributed by atoms with Crippen molar-refractivity contribution in [2.24, 2.45) is 5.92 Å². The van der Waals surface area contributed by atoms with Crippen LogP contribution in [-0.2, 0) is 14.3 Å². The van der Waals surface area contributed by atoms with Crippen LogP contribution in [0.15, 0.2) is 48.5 Å². The van der Waals surface area contributed by atoms with E-state index >= 15 is 0 Å². The fourth-order valence-electron chi connectivity index (χ4n) is 2.86. The minimum Gasteiger partial charge on any atom is -0.493 e. The third-order valence-electron chi connectivity index (χ3n) is 4.56. The minimum atomic E-state index is -1.11. The Bertz CT molecular complexity index is 1010. The second kappa shape index (κ2) is 11.5. The van der Waals surface area contributed by atoms with Crippen molar-refractivity contribution in [3.8, 4) is 11.8 Å². The van der Waals surface area contributed by atoms with E-state index in [1.54, 1.807) is 56.3 Å². The van der Waals surface area contributed by atoms with Crippen LogP contribution in [0.5, 0.6) is 5.75 Å². The Morgan fingerprint density at radius 1 is 1.06 bits per heavy atom. The van der Waals surface area contributed by atoms with Gasteiger partial charge in [-0.05, 0) is 50.1 Å². The molecule has 2 aromatic carbocycles. The van der Waals surface area contributed by atoms with Gasteiger partial charge in [0, 0.05) is 5.69 Å². The molecule has 8 heteroatoms. The number of hydrogen-bond donors (Lipinski definition) is 2. The van der Waals surface area contributed by atoms with Crippen molar-refractivity contribution < 1.29 is 23.9 Å². The third-order valence-corrected chi connectivity index (χ3v) is 4.56. The number of hydrogen-bond acceptors (Lipinski definition) is 6. The van der Waals surface area contributed by atoms with Crippen molar-refractivity contribution >= 4 is 23.5 Å². The van der Waals surface area contributed by atoms with Gasteiger partial charge in [-0.3, -0.25) is 9.59 Å². The number of benzene rings is 2. The molecule has 2 rings (SSSR count). The van der Waals surface area contributed by atoms with Crippen LogP contribution < -0.4 is 15.4 Å². The lowest BCUT2D eigenvalue weighted by atomic mass is 10.0. The summed E-state index contributed by atoms with van der Waals surface area (Å²) in [6.07, 6.45) is -1.11. The van der Waals surface area contributed by atoms with E-state index in [4.69, 9.17) is 14.7 Å². The quantitative estimate of drug-likeness (QED) is 0.582. The van der Waals surface area contributed by atoms with Crippen LogP contribution in [0.2, 0.25) is 0 Å². The maximum atomic E-state index is 12.8. The summed E-state index contributed by atoms with van der Waals surface area (Å²) < 4.78 is 10.8. The summed E-state index contributed by atoms with van der Waals surface area (Å²) in [5, 5.41) is 14.3. The van der Waals surface area contributed by atoms with Gasteiger partial charge in [-0.2, -0.15) is 5.26 Å². The van der Waals surface area contributed by atoms with E-state index < -0.39 is 29.9 Å². The number of carbonyl (C=O) groups is 3. The number of anilines is 1. The zero-order chi connectivity index (χ0) is 23.7. The average molecular weight is 437 g/mol. The maximum Gasteiger partial charge on any atom is 0.329 e. The molecule has 8 nitrogen and oxygen atoms in total. The molecule has 1 unspecified atom stereocenters. The van der Waals surface area contributed by atoms with Crippen molar-refractivity contribution in [3.05, 3.63) is 59.7 Å². The fraction of sp³-hybridized carbons (Fsp3) is 0.333. The lowest BCUT2D eigenvalue weighted by Gasteiger charge is -2.23. The van der Waals surface area contributed by atoms with Gasteiger partial charge in [0.05, 0.1) is 23.8 Å². The Labute approximate surface area is 187 Å². The lowest BCUT2D eigenvalue weighted by molar-refractivity contribution is -0.156. The van der Waals surface area contributed by atoms with Crippen molar-refractivity contribution in [2.75, 3.05) is 11.9 Å². The molecule has 0 aliphatic rings. The fourth-order valence-corrected chi connectivity index (χ4v) is 2.86. The molecule has 0 aliphatic heterocycles. The molecule has 0 aromatic heterocycles. The first-order valence-electron chi connectivity index (χ1n) is 10.3. The van der Waals surface area contributed by atoms with Crippen LogP contribution in [0.3, 0.4) is 0 Å². The number of amides is 2. The first kappa shape index (κ1) is 24.4. The first-order valence-corrected chi connectivity index (χ1v) is 10.3. The van der Waals surface area contributed by atoms with Gasteiger partial charge >= 0.3 is 5.97 Å². The molecule has 0 saturated heterocycles. The summed E-state index contributed by atoms with van der Waals surface area (Å²) in [5.41, 5.74) is 1.11. The van der Waals surface area contributed by atoms with Crippen molar-refractivity contribution in [1.29, 1.82) is 5.26 Å². The standard InChI is InChI=1S/C24H27N3O5/c1-5-31-20-12-7-6-11-19(20)23(29)27-21(15(2)3)24(30)32-16(4)22(28)26-18-10-8-9-17(13-18)14-25/h6-13,15-16,21H,5H2,1-4H3,(H,26,28)(H,27,29)/t16?,21-/m0/s1. The molecule has 0 aliphatic carbocycles. The molecule has 0 spiro atoms. The molecule has 2 atom stereocenters. The van der Waals surface area contributed by atoms with Gasteiger partial charge in [0.15, 0.2) is 6.10 Å². The first-order chi connectivity index (χ1) is 15.3. The van der Waals surface area contributed by atoms with E-state index in [2.05, 4.69) is 10.6 Å². The number of nitrogens with one attached hydrogen (secondary N) is 2. The highest BCUT2D eigenvalue weighted by atomic mass is 16.5. The van der Waals surface area contributed by atoms with Gasteiger partial charge in [-0.25, -0.2) is 4.79 Å². The molecule has 2 amide bonds. The number of nitriles is 1. The van der Waals surface area contributed by atoms with E-state index in [0.29, 0.717) is 29.2 Å². The molecule has 0 saturated carbocycles. The molecular weight excluding hydrogens is 410 g/mol. The smallest absolute Gasteiger partial charge is 0.329 e. The Balaban J connectivity index is 2.05. The van der Waals surface area contributed by atoms with Gasteiger partial charge in [-0.15, -0.1) is 0 Å². The van der Waals surface area contributed by atoms with Gasteiger partial charge in [0.1, 0.15) is 11.8 Å². The van der Waals surface area contributed by atoms with Crippen LogP contribution in [0, 0.1) is 17.2 Å². The van der Waals surface area contributed by atoms with E-state index in [9.17, 15) is 14.4 Å². The van der Waals surface area contributed by atoms with Crippen molar-refractivity contribution in [3.63, 3.8) is 0 Å². The Morgan fingerprint density at radius 2 is 1.78 bits per heavy atom. The van der Waals surface area contributed by atoms with Crippen LogP contribution >= 0.6 is 0 Å². The summed E-state index contributed by atoms with van der Waals surface area (Å²) >= 11 is 0. The molecule has 0 radical (unpaired) electrons. The van der Waals surface area contributed by atoms with E-state index in [0.717, 1.165) is 0 Å². The van der Waals surface area contributed by atoms with Crippen LogP contribution in [0.4, 0.5) is 5.69 Å². The Morgan fingerprint density at radius 3 is 2.44 bits per heavy atom. The summed E-state index contributed by atoms with van der Waals surface area (Å²) in [4.78, 5) is 37.9. The van der Waals surface area contributed by atoms with Crippen molar-refractivity contribution in [1.82, 2.24) is 5.32 Å². The van der Waals surface area contributed by atoms with Crippen LogP contribution in [0.1, 0.15) is 43.6 Å². The SMILES string of the molecule is CCOc1ccccc1C(=O)N[C@H](C(=O)OC(C)C(=O)Nc1cccc(C#N)c1)C(C)C. The number of para-hydroxylation sites is 1. The van der Waals surface area contributed by atoms with Gasteiger partial charge in [-0.1, -0.05) is 32.0 Å². The third kappa shape index (κ3) is 6.57. The zero-order valence-electron chi connectivity index (χ0n) is 18.5. The summed E-state index contributed by atoms with van der Waals surface area (Å²) in [5.74, 6) is -1.63. The summed E-state index contributed by atoms with van der Waals surface area (Å²) in [6.45, 7) is 7.17. The van der Waals surface area contributed by atoms with Gasteiger partial charge < -0.3 is 20.1 Å². The number of esters is 1. The number of carbonyl (C=O) groups excluding carboxylic acids is 3. The van der Waals surface area contributed by atoms with Crippen molar-refractivity contribution in [2.45, 2.75) is 39.8 Å². The minimum absolute atomic E-state index is 0.284. The molecule has 32 heavy (non-hydrogen) atoms. The van der Waals surface area contributed by atoms with E-state index in [1.165, 1.54) is 13.0 Å². The highest BCUT2D eigenvalue weighted by Crippen LogP contribution is 2.19. The monoisotopic (exact) mass is 437 g/mol. The molecule has 0 heterocycles. The van der Waals surface area contributed by atoms with Crippen LogP contribution in [0.25, 0.3) is 0 Å². The average Bonchev–Trinajstić information content (AvgIpc) is 2.77. The maximum absolute atomic E-state index is 12.8. The summed E-state index contributed by atoms with van der Waals surface area (Å²) in [7, 11) is 0. The lowest BCUT2D eigenvalue weighted by Crippen LogP contribution is -2.47. The van der Waals surface area contributed by atoms with Gasteiger partial charge in [0.2, 0.25) is 0 Å². The molecular formula is C24H27N3O5. The number of ether oxygens (including phenoxy) is 2. The van der Waals surface area contributed by atoms with E-state index in [-0.39, 0.29) is 5.92 Å².